The molecule has 1 aromatic rings. The standard InChI is InChI=1S/C11H11ClO3/c1-11(10(12)15,7-9(13)14)8-5-3-2-4-6-8/h2-6H,7H2,1H3,(H,13,14). The number of hydrogen-bond donors (Lipinski definition) is 1. The fourth-order valence-corrected chi connectivity index (χ4v) is 1.57. The third-order valence-electron chi connectivity index (χ3n) is 2.35. The molecule has 0 heterocycles. The van der Waals surface area contributed by atoms with Gasteiger partial charge in [0, 0.05) is 0 Å². The second-order valence-corrected chi connectivity index (χ2v) is 3.89. The Morgan fingerprint density at radius 3 is 2.27 bits per heavy atom. The van der Waals surface area contributed by atoms with E-state index in [0.717, 1.165) is 0 Å². The summed E-state index contributed by atoms with van der Waals surface area (Å²) in [4.78, 5) is 22.0. The van der Waals surface area contributed by atoms with E-state index in [0.29, 0.717) is 5.56 Å². The van der Waals surface area contributed by atoms with Crippen LogP contribution >= 0.6 is 11.6 Å². The van der Waals surface area contributed by atoms with Crippen molar-refractivity contribution in [2.45, 2.75) is 18.8 Å². The minimum atomic E-state index is -1.16. The number of halogens is 1. The molecule has 3 nitrogen and oxygen atoms in total. The molecule has 0 saturated carbocycles. The molecule has 4 heteroatoms. The van der Waals surface area contributed by atoms with Crippen LogP contribution < -0.4 is 0 Å². The van der Waals surface area contributed by atoms with E-state index in [9.17, 15) is 9.59 Å². The zero-order valence-electron chi connectivity index (χ0n) is 8.24. The number of aliphatic carboxylic acids is 1. The first-order chi connectivity index (χ1) is 6.97. The maximum absolute atomic E-state index is 11.3. The summed E-state index contributed by atoms with van der Waals surface area (Å²) < 4.78 is 0. The molecule has 0 aliphatic heterocycles. The smallest absolute Gasteiger partial charge is 0.304 e. The van der Waals surface area contributed by atoms with Crippen LogP contribution in [0, 0.1) is 0 Å². The van der Waals surface area contributed by atoms with Crippen LogP contribution in [-0.2, 0) is 15.0 Å². The summed E-state index contributed by atoms with van der Waals surface area (Å²) in [7, 11) is 0. The van der Waals surface area contributed by atoms with Gasteiger partial charge in [-0.2, -0.15) is 0 Å². The Balaban J connectivity index is 3.13. The molecule has 0 aliphatic rings. The van der Waals surface area contributed by atoms with Gasteiger partial charge >= 0.3 is 5.97 Å². The van der Waals surface area contributed by atoms with E-state index >= 15 is 0 Å². The van der Waals surface area contributed by atoms with Gasteiger partial charge in [0.15, 0.2) is 0 Å². The van der Waals surface area contributed by atoms with E-state index in [-0.39, 0.29) is 6.42 Å². The van der Waals surface area contributed by atoms with Gasteiger partial charge in [-0.3, -0.25) is 9.59 Å². The number of carbonyl (C=O) groups is 2. The number of rotatable bonds is 4. The maximum atomic E-state index is 11.3. The van der Waals surface area contributed by atoms with Crippen molar-refractivity contribution in [3.8, 4) is 0 Å². The average molecular weight is 227 g/mol. The second kappa shape index (κ2) is 4.45. The Morgan fingerprint density at radius 2 is 1.87 bits per heavy atom. The first-order valence-corrected chi connectivity index (χ1v) is 4.82. The van der Waals surface area contributed by atoms with Crippen molar-refractivity contribution in [3.63, 3.8) is 0 Å². The monoisotopic (exact) mass is 226 g/mol. The number of carbonyl (C=O) groups excluding carboxylic acids is 1. The molecule has 1 rings (SSSR count). The molecule has 15 heavy (non-hydrogen) atoms. The lowest BCUT2D eigenvalue weighted by Gasteiger charge is -2.23. The quantitative estimate of drug-likeness (QED) is 0.801. The van der Waals surface area contributed by atoms with E-state index in [1.54, 1.807) is 30.3 Å². The largest absolute Gasteiger partial charge is 0.481 e. The van der Waals surface area contributed by atoms with Crippen molar-refractivity contribution in [2.24, 2.45) is 0 Å². The Hall–Kier alpha value is -1.35. The molecule has 0 saturated heterocycles. The van der Waals surface area contributed by atoms with Crippen molar-refractivity contribution in [1.29, 1.82) is 0 Å². The van der Waals surface area contributed by atoms with Gasteiger partial charge in [-0.25, -0.2) is 0 Å². The predicted octanol–water partition coefficient (Wildman–Crippen LogP) is 2.18. The molecule has 1 aromatic carbocycles. The summed E-state index contributed by atoms with van der Waals surface area (Å²) in [5.74, 6) is -1.05. The minimum Gasteiger partial charge on any atom is -0.481 e. The van der Waals surface area contributed by atoms with E-state index in [1.165, 1.54) is 6.92 Å². The zero-order valence-corrected chi connectivity index (χ0v) is 8.99. The van der Waals surface area contributed by atoms with Crippen molar-refractivity contribution >= 4 is 22.8 Å². The molecule has 0 aliphatic carbocycles. The molecule has 0 fully saturated rings. The SMILES string of the molecule is CC(CC(=O)O)(C(=O)Cl)c1ccccc1. The molecule has 1 atom stereocenters. The highest BCUT2D eigenvalue weighted by molar-refractivity contribution is 6.65. The number of hydrogen-bond acceptors (Lipinski definition) is 2. The Labute approximate surface area is 92.7 Å². The lowest BCUT2D eigenvalue weighted by Crippen LogP contribution is -2.32. The van der Waals surface area contributed by atoms with Gasteiger partial charge in [-0.05, 0) is 24.1 Å². The molecule has 80 valence electrons. The maximum Gasteiger partial charge on any atom is 0.304 e. The highest BCUT2D eigenvalue weighted by Gasteiger charge is 2.36. The van der Waals surface area contributed by atoms with Gasteiger partial charge in [-0.1, -0.05) is 30.3 Å². The van der Waals surface area contributed by atoms with Crippen LogP contribution in [-0.4, -0.2) is 16.3 Å². The Bertz CT molecular complexity index is 375. The van der Waals surface area contributed by atoms with Crippen LogP contribution in [0.3, 0.4) is 0 Å². The second-order valence-electron chi connectivity index (χ2n) is 3.54. The average Bonchev–Trinajstić information content (AvgIpc) is 2.17. The summed E-state index contributed by atoms with van der Waals surface area (Å²) in [5.41, 5.74) is -0.540. The molecule has 0 amide bonds. The van der Waals surface area contributed by atoms with Gasteiger partial charge in [0.05, 0.1) is 11.8 Å². The summed E-state index contributed by atoms with van der Waals surface area (Å²) in [6, 6.07) is 8.68. The summed E-state index contributed by atoms with van der Waals surface area (Å²) in [6.45, 7) is 1.53. The highest BCUT2D eigenvalue weighted by Crippen LogP contribution is 2.30. The van der Waals surface area contributed by atoms with E-state index in [4.69, 9.17) is 16.7 Å². The van der Waals surface area contributed by atoms with Crippen LogP contribution in [0.2, 0.25) is 0 Å². The summed E-state index contributed by atoms with van der Waals surface area (Å²) in [6.07, 6.45) is -0.306. The fraction of sp³-hybridized carbons (Fsp3) is 0.273. The van der Waals surface area contributed by atoms with Crippen LogP contribution in [0.5, 0.6) is 0 Å². The Kier molecular flexibility index (Phi) is 3.48. The van der Waals surface area contributed by atoms with Gasteiger partial charge < -0.3 is 5.11 Å². The molecular weight excluding hydrogens is 216 g/mol. The van der Waals surface area contributed by atoms with E-state index < -0.39 is 16.6 Å². The fourth-order valence-electron chi connectivity index (χ4n) is 1.39. The van der Waals surface area contributed by atoms with Gasteiger partial charge in [-0.15, -0.1) is 0 Å². The molecule has 0 bridgehead atoms. The number of benzene rings is 1. The van der Waals surface area contributed by atoms with Gasteiger partial charge in [0.1, 0.15) is 0 Å². The normalized spacial score (nSPS) is 14.3. The lowest BCUT2D eigenvalue weighted by atomic mass is 9.81. The molecule has 0 radical (unpaired) electrons. The molecule has 0 spiro atoms. The molecular formula is C11H11ClO3. The molecule has 1 unspecified atom stereocenters. The number of carboxylic acid groups (broad SMARTS) is 1. The van der Waals surface area contributed by atoms with Crippen LogP contribution in [0.15, 0.2) is 30.3 Å². The highest BCUT2D eigenvalue weighted by atomic mass is 35.5. The van der Waals surface area contributed by atoms with Gasteiger partial charge in [0.25, 0.3) is 0 Å². The van der Waals surface area contributed by atoms with Crippen molar-refractivity contribution in [1.82, 2.24) is 0 Å². The van der Waals surface area contributed by atoms with E-state index in [1.807, 2.05) is 0 Å². The van der Waals surface area contributed by atoms with E-state index in [2.05, 4.69) is 0 Å². The molecule has 0 aromatic heterocycles. The van der Waals surface area contributed by atoms with Gasteiger partial charge in [0.2, 0.25) is 5.24 Å². The van der Waals surface area contributed by atoms with Crippen molar-refractivity contribution < 1.29 is 14.7 Å². The summed E-state index contributed by atoms with van der Waals surface area (Å²) in [5, 5.41) is 8.09. The summed E-state index contributed by atoms with van der Waals surface area (Å²) >= 11 is 5.46. The third kappa shape index (κ3) is 2.57. The topological polar surface area (TPSA) is 54.4 Å². The predicted molar refractivity (Wildman–Crippen MR) is 56.9 cm³/mol. The Morgan fingerprint density at radius 1 is 1.33 bits per heavy atom. The number of carboxylic acids is 1. The van der Waals surface area contributed by atoms with Crippen LogP contribution in [0.1, 0.15) is 18.9 Å². The molecule has 1 N–H and O–H groups in total. The van der Waals surface area contributed by atoms with Crippen molar-refractivity contribution in [3.05, 3.63) is 35.9 Å². The first-order valence-electron chi connectivity index (χ1n) is 4.44. The van der Waals surface area contributed by atoms with Crippen LogP contribution in [0.25, 0.3) is 0 Å². The lowest BCUT2D eigenvalue weighted by molar-refractivity contribution is -0.140. The minimum absolute atomic E-state index is 0.306. The van der Waals surface area contributed by atoms with Crippen LogP contribution in [0.4, 0.5) is 0 Å². The zero-order chi connectivity index (χ0) is 11.5. The van der Waals surface area contributed by atoms with Crippen molar-refractivity contribution in [2.75, 3.05) is 0 Å². The first kappa shape index (κ1) is 11.7. The third-order valence-corrected chi connectivity index (χ3v) is 2.77.